The second-order valence-corrected chi connectivity index (χ2v) is 8.42. The van der Waals surface area contributed by atoms with E-state index in [0.29, 0.717) is 17.9 Å². The van der Waals surface area contributed by atoms with Gasteiger partial charge in [-0.2, -0.15) is 0 Å². The van der Waals surface area contributed by atoms with Crippen LogP contribution in [0, 0.1) is 13.8 Å². The zero-order chi connectivity index (χ0) is 20.5. The van der Waals surface area contributed by atoms with Crippen molar-refractivity contribution in [1.82, 2.24) is 0 Å². The van der Waals surface area contributed by atoms with Crippen molar-refractivity contribution in [1.29, 1.82) is 0 Å². The number of carbonyl (C=O) groups is 1. The van der Waals surface area contributed by atoms with Gasteiger partial charge in [-0.05, 0) is 61.2 Å². The van der Waals surface area contributed by atoms with E-state index in [1.165, 1.54) is 14.2 Å². The minimum atomic E-state index is -3.86. The van der Waals surface area contributed by atoms with Gasteiger partial charge in [-0.3, -0.25) is 9.52 Å². The van der Waals surface area contributed by atoms with Gasteiger partial charge in [0.15, 0.2) is 0 Å². The Kier molecular flexibility index (Phi) is 5.62. The number of nitrogens with zero attached hydrogens (tertiary/aromatic N) is 1. The third-order valence-corrected chi connectivity index (χ3v) is 6.27. The first kappa shape index (κ1) is 20.2. The summed E-state index contributed by atoms with van der Waals surface area (Å²) in [7, 11) is -0.953. The normalized spacial score (nSPS) is 13.4. The summed E-state index contributed by atoms with van der Waals surface area (Å²) in [5.41, 5.74) is 3.88. The Bertz CT molecular complexity index is 1020. The van der Waals surface area contributed by atoms with E-state index in [1.54, 1.807) is 29.2 Å². The van der Waals surface area contributed by atoms with Crippen LogP contribution in [0.25, 0.3) is 0 Å². The number of ether oxygens (including phenoxy) is 2. The molecule has 7 nitrogen and oxygen atoms in total. The summed E-state index contributed by atoms with van der Waals surface area (Å²) in [4.78, 5) is 13.9. The average Bonchev–Trinajstić information content (AvgIpc) is 3.06. The van der Waals surface area contributed by atoms with Gasteiger partial charge in [-0.15, -0.1) is 0 Å². The monoisotopic (exact) mass is 404 g/mol. The minimum Gasteiger partial charge on any atom is -0.495 e. The lowest BCUT2D eigenvalue weighted by atomic mass is 10.1. The summed E-state index contributed by atoms with van der Waals surface area (Å²) < 4.78 is 38.7. The van der Waals surface area contributed by atoms with Crippen molar-refractivity contribution in [3.8, 4) is 5.75 Å². The highest BCUT2D eigenvalue weighted by Crippen LogP contribution is 2.33. The molecule has 1 N–H and O–H groups in total. The molecular formula is C20H24N2O5S. The molecule has 0 fully saturated rings. The van der Waals surface area contributed by atoms with E-state index in [0.717, 1.165) is 23.1 Å². The molecule has 0 saturated heterocycles. The maximum Gasteiger partial charge on any atom is 0.265 e. The highest BCUT2D eigenvalue weighted by molar-refractivity contribution is 7.92. The number of sulfonamides is 1. The van der Waals surface area contributed by atoms with Gasteiger partial charge >= 0.3 is 0 Å². The third-order valence-electron chi connectivity index (χ3n) is 4.87. The standard InChI is InChI=1S/C20H24N2O5S/c1-13-9-18(27-4)19(10-14(13)2)28(24,25)21-16-6-5-15-7-8-22(17(15)11-16)20(23)12-26-3/h5-6,9-11,21H,7-8,12H2,1-4H3. The molecule has 0 bridgehead atoms. The molecule has 0 aliphatic carbocycles. The Morgan fingerprint density at radius 2 is 1.86 bits per heavy atom. The fourth-order valence-electron chi connectivity index (χ4n) is 3.25. The van der Waals surface area contributed by atoms with E-state index < -0.39 is 10.0 Å². The molecule has 8 heteroatoms. The molecule has 0 radical (unpaired) electrons. The first-order valence-corrected chi connectivity index (χ1v) is 10.4. The molecule has 28 heavy (non-hydrogen) atoms. The number of rotatable bonds is 6. The van der Waals surface area contributed by atoms with Crippen molar-refractivity contribution in [3.05, 3.63) is 47.0 Å². The van der Waals surface area contributed by atoms with Crippen LogP contribution in [0.3, 0.4) is 0 Å². The number of anilines is 2. The number of aryl methyl sites for hydroxylation is 2. The van der Waals surface area contributed by atoms with Gasteiger partial charge in [0, 0.05) is 19.3 Å². The lowest BCUT2D eigenvalue weighted by Gasteiger charge is -2.18. The summed E-state index contributed by atoms with van der Waals surface area (Å²) in [6, 6.07) is 8.52. The van der Waals surface area contributed by atoms with E-state index in [9.17, 15) is 13.2 Å². The molecule has 1 aliphatic rings. The predicted octanol–water partition coefficient (Wildman–Crippen LogP) is 2.65. The zero-order valence-corrected chi connectivity index (χ0v) is 17.2. The van der Waals surface area contributed by atoms with E-state index in [-0.39, 0.29) is 23.2 Å². The van der Waals surface area contributed by atoms with E-state index in [4.69, 9.17) is 9.47 Å². The van der Waals surface area contributed by atoms with Crippen molar-refractivity contribution in [3.63, 3.8) is 0 Å². The number of nitrogens with one attached hydrogen (secondary N) is 1. The number of benzene rings is 2. The van der Waals surface area contributed by atoms with Crippen molar-refractivity contribution in [2.24, 2.45) is 0 Å². The molecule has 1 heterocycles. The van der Waals surface area contributed by atoms with Gasteiger partial charge < -0.3 is 14.4 Å². The lowest BCUT2D eigenvalue weighted by Crippen LogP contribution is -2.32. The van der Waals surface area contributed by atoms with Gasteiger partial charge in [-0.25, -0.2) is 8.42 Å². The molecule has 2 aromatic carbocycles. The molecule has 150 valence electrons. The number of hydrogen-bond donors (Lipinski definition) is 1. The van der Waals surface area contributed by atoms with Gasteiger partial charge in [0.25, 0.3) is 15.9 Å². The Morgan fingerprint density at radius 1 is 1.14 bits per heavy atom. The molecule has 0 aromatic heterocycles. The van der Waals surface area contributed by atoms with Crippen LogP contribution in [0.5, 0.6) is 5.75 Å². The highest BCUT2D eigenvalue weighted by Gasteiger charge is 2.26. The quantitative estimate of drug-likeness (QED) is 0.800. The van der Waals surface area contributed by atoms with Crippen LogP contribution in [0.15, 0.2) is 35.2 Å². The SMILES string of the molecule is COCC(=O)N1CCc2ccc(NS(=O)(=O)c3cc(C)c(C)cc3OC)cc21. The number of amides is 1. The molecule has 0 unspecified atom stereocenters. The van der Waals surface area contributed by atoms with E-state index >= 15 is 0 Å². The molecule has 0 saturated carbocycles. The van der Waals surface area contributed by atoms with E-state index in [1.807, 2.05) is 19.9 Å². The summed E-state index contributed by atoms with van der Waals surface area (Å²) in [6.07, 6.45) is 0.725. The van der Waals surface area contributed by atoms with Crippen molar-refractivity contribution >= 4 is 27.3 Å². The van der Waals surface area contributed by atoms with Crippen molar-refractivity contribution in [2.75, 3.05) is 37.0 Å². The maximum absolute atomic E-state index is 13.0. The second kappa shape index (κ2) is 7.81. The molecule has 3 rings (SSSR count). The van der Waals surface area contributed by atoms with Gasteiger partial charge in [0.1, 0.15) is 17.3 Å². The van der Waals surface area contributed by atoms with Crippen LogP contribution < -0.4 is 14.4 Å². The molecule has 1 amide bonds. The highest BCUT2D eigenvalue weighted by atomic mass is 32.2. The fraction of sp³-hybridized carbons (Fsp3) is 0.350. The minimum absolute atomic E-state index is 0.0186. The third kappa shape index (κ3) is 3.83. The van der Waals surface area contributed by atoms with Crippen molar-refractivity contribution in [2.45, 2.75) is 25.2 Å². The summed E-state index contributed by atoms with van der Waals surface area (Å²) in [6.45, 7) is 4.28. The van der Waals surface area contributed by atoms with Crippen LogP contribution >= 0.6 is 0 Å². The largest absolute Gasteiger partial charge is 0.495 e. The second-order valence-electron chi connectivity index (χ2n) is 6.76. The Hall–Kier alpha value is -2.58. The maximum atomic E-state index is 13.0. The topological polar surface area (TPSA) is 84.9 Å². The molecule has 1 aliphatic heterocycles. The van der Waals surface area contributed by atoms with Crippen LogP contribution in [0.2, 0.25) is 0 Å². The zero-order valence-electron chi connectivity index (χ0n) is 16.4. The van der Waals surface area contributed by atoms with Gasteiger partial charge in [0.2, 0.25) is 0 Å². The van der Waals surface area contributed by atoms with Crippen LogP contribution in [0.4, 0.5) is 11.4 Å². The van der Waals surface area contributed by atoms with Gasteiger partial charge in [-0.1, -0.05) is 6.07 Å². The Balaban J connectivity index is 1.94. The first-order valence-electron chi connectivity index (χ1n) is 8.87. The predicted molar refractivity (Wildman–Crippen MR) is 108 cm³/mol. The lowest BCUT2D eigenvalue weighted by molar-refractivity contribution is -0.122. The average molecular weight is 404 g/mol. The van der Waals surface area contributed by atoms with Crippen LogP contribution in [-0.4, -0.2) is 41.7 Å². The smallest absolute Gasteiger partial charge is 0.265 e. The first-order chi connectivity index (χ1) is 13.3. The molecule has 0 atom stereocenters. The summed E-state index contributed by atoms with van der Waals surface area (Å²) in [5.74, 6) is 0.130. The summed E-state index contributed by atoms with van der Waals surface area (Å²) in [5, 5.41) is 0. The van der Waals surface area contributed by atoms with E-state index in [2.05, 4.69) is 4.72 Å². The number of hydrogen-bond acceptors (Lipinski definition) is 5. The Morgan fingerprint density at radius 3 is 2.54 bits per heavy atom. The molecule has 2 aromatic rings. The number of fused-ring (bicyclic) bond motifs is 1. The fourth-order valence-corrected chi connectivity index (χ4v) is 4.53. The summed E-state index contributed by atoms with van der Waals surface area (Å²) >= 11 is 0. The van der Waals surface area contributed by atoms with Crippen LogP contribution in [-0.2, 0) is 26.0 Å². The molecular weight excluding hydrogens is 380 g/mol. The van der Waals surface area contributed by atoms with Gasteiger partial charge in [0.05, 0.1) is 12.8 Å². The van der Waals surface area contributed by atoms with Crippen LogP contribution in [0.1, 0.15) is 16.7 Å². The molecule has 0 spiro atoms. The Labute approximate surface area is 165 Å². The number of carbonyl (C=O) groups excluding carboxylic acids is 1. The van der Waals surface area contributed by atoms with Crippen molar-refractivity contribution < 1.29 is 22.7 Å². The number of methoxy groups -OCH3 is 2.